The largest absolute Gasteiger partial charge is 0.416 e. The lowest BCUT2D eigenvalue weighted by molar-refractivity contribution is -0.137. The van der Waals surface area contributed by atoms with Crippen LogP contribution in [0.15, 0.2) is 52.6 Å². The third-order valence-electron chi connectivity index (χ3n) is 3.02. The molecule has 0 aliphatic heterocycles. The van der Waals surface area contributed by atoms with Gasteiger partial charge >= 0.3 is 6.18 Å². The van der Waals surface area contributed by atoms with Gasteiger partial charge < -0.3 is 11.1 Å². The quantitative estimate of drug-likeness (QED) is 0.561. The van der Waals surface area contributed by atoms with E-state index in [1.54, 1.807) is 0 Å². The normalized spacial score (nSPS) is 12.7. The maximum absolute atomic E-state index is 12.8. The Kier molecular flexibility index (Phi) is 5.16. The molecule has 0 saturated carbocycles. The molecule has 1 aromatic heterocycles. The fourth-order valence-corrected chi connectivity index (χ4v) is 2.95. The average molecular weight is 373 g/mol. The monoisotopic (exact) mass is 373 g/mol. The van der Waals surface area contributed by atoms with Gasteiger partial charge in [-0.25, -0.2) is 13.1 Å². The summed E-state index contributed by atoms with van der Waals surface area (Å²) in [4.78, 5) is 6.92. The summed E-state index contributed by atoms with van der Waals surface area (Å²) in [5.41, 5.74) is 4.59. The lowest BCUT2D eigenvalue weighted by Crippen LogP contribution is -2.36. The second-order valence-corrected chi connectivity index (χ2v) is 6.44. The van der Waals surface area contributed by atoms with Gasteiger partial charge in [0, 0.05) is 25.1 Å². The van der Waals surface area contributed by atoms with Gasteiger partial charge in [-0.2, -0.15) is 13.2 Å². The van der Waals surface area contributed by atoms with Crippen molar-refractivity contribution < 1.29 is 21.6 Å². The number of sulfonamides is 1. The third kappa shape index (κ3) is 4.59. The number of hydrogen-bond acceptors (Lipinski definition) is 5. The van der Waals surface area contributed by atoms with E-state index in [1.165, 1.54) is 31.4 Å². The number of hydrogen-bond donors (Lipinski definition) is 3. The van der Waals surface area contributed by atoms with Crippen molar-refractivity contribution in [2.24, 2.45) is 10.7 Å². The molecule has 0 bridgehead atoms. The molecule has 0 unspecified atom stereocenters. The van der Waals surface area contributed by atoms with E-state index in [-0.39, 0.29) is 22.2 Å². The van der Waals surface area contributed by atoms with Crippen LogP contribution in [0.2, 0.25) is 0 Å². The first-order chi connectivity index (χ1) is 11.6. The number of alkyl halides is 3. The first kappa shape index (κ1) is 18.5. The minimum Gasteiger partial charge on any atom is -0.369 e. The summed E-state index contributed by atoms with van der Waals surface area (Å²) < 4.78 is 65.0. The van der Waals surface area contributed by atoms with Gasteiger partial charge in [-0.1, -0.05) is 6.07 Å². The number of nitrogens with zero attached hydrogens (tertiary/aromatic N) is 2. The number of benzene rings is 1. The molecule has 134 valence electrons. The zero-order chi connectivity index (χ0) is 18.7. The van der Waals surface area contributed by atoms with Gasteiger partial charge in [-0.3, -0.25) is 9.98 Å². The lowest BCUT2D eigenvalue weighted by Gasteiger charge is -2.14. The van der Waals surface area contributed by atoms with Crippen molar-refractivity contribution in [3.05, 3.63) is 48.3 Å². The van der Waals surface area contributed by atoms with Gasteiger partial charge in [-0.05, 0) is 24.3 Å². The van der Waals surface area contributed by atoms with E-state index in [4.69, 9.17) is 5.73 Å². The Morgan fingerprint density at radius 2 is 2.00 bits per heavy atom. The summed E-state index contributed by atoms with van der Waals surface area (Å²) in [6, 6.07) is 5.68. The van der Waals surface area contributed by atoms with Crippen LogP contribution in [0.4, 0.5) is 24.5 Å². The minimum absolute atomic E-state index is 0.0331. The molecule has 4 N–H and O–H groups in total. The molecule has 0 aliphatic carbocycles. The predicted octanol–water partition coefficient (Wildman–Crippen LogP) is 2.07. The Balaban J connectivity index is 2.40. The van der Waals surface area contributed by atoms with Crippen molar-refractivity contribution in [1.82, 2.24) is 9.71 Å². The fourth-order valence-electron chi connectivity index (χ4n) is 1.86. The van der Waals surface area contributed by atoms with E-state index in [9.17, 15) is 21.6 Å². The fraction of sp³-hybridized carbons (Fsp3) is 0.143. The molecule has 0 fully saturated rings. The third-order valence-corrected chi connectivity index (χ3v) is 4.40. The summed E-state index contributed by atoms with van der Waals surface area (Å²) >= 11 is 0. The van der Waals surface area contributed by atoms with Crippen LogP contribution < -0.4 is 15.8 Å². The highest BCUT2D eigenvalue weighted by atomic mass is 32.2. The first-order valence-corrected chi connectivity index (χ1v) is 8.25. The standard InChI is InChI=1S/C14H14F3N5O2S/c1-19-13(18)22-25(23,24)12-8-20-6-5-11(12)21-10-4-2-3-9(7-10)14(15,16)17/h2-8H,1H3,(H,20,21)(H3,18,19,22). The van der Waals surface area contributed by atoms with Crippen LogP contribution >= 0.6 is 0 Å². The number of aliphatic imine (C=N–C) groups is 1. The Bertz CT molecular complexity index is 897. The second kappa shape index (κ2) is 6.97. The van der Waals surface area contributed by atoms with Crippen molar-refractivity contribution in [3.63, 3.8) is 0 Å². The summed E-state index contributed by atoms with van der Waals surface area (Å²) in [6.45, 7) is 0. The van der Waals surface area contributed by atoms with Crippen molar-refractivity contribution in [3.8, 4) is 0 Å². The average Bonchev–Trinajstić information content (AvgIpc) is 2.54. The van der Waals surface area contributed by atoms with E-state index in [1.807, 2.05) is 4.72 Å². The summed E-state index contributed by atoms with van der Waals surface area (Å²) in [5, 5.41) is 2.64. The molecule has 11 heteroatoms. The summed E-state index contributed by atoms with van der Waals surface area (Å²) in [6.07, 6.45) is -2.17. The smallest absolute Gasteiger partial charge is 0.369 e. The van der Waals surface area contributed by atoms with Crippen LogP contribution in [-0.4, -0.2) is 26.4 Å². The van der Waals surface area contributed by atoms with E-state index < -0.39 is 21.8 Å². The molecule has 2 aromatic rings. The molecular weight excluding hydrogens is 359 g/mol. The van der Waals surface area contributed by atoms with Crippen LogP contribution in [-0.2, 0) is 16.2 Å². The SMILES string of the molecule is CN=C(N)NS(=O)(=O)c1cnccc1Nc1cccc(C(F)(F)F)c1. The highest BCUT2D eigenvalue weighted by Crippen LogP contribution is 2.32. The van der Waals surface area contributed by atoms with Gasteiger partial charge in [0.05, 0.1) is 11.3 Å². The van der Waals surface area contributed by atoms with E-state index >= 15 is 0 Å². The van der Waals surface area contributed by atoms with E-state index in [0.29, 0.717) is 0 Å². The second-order valence-electron chi connectivity index (χ2n) is 4.79. The Morgan fingerprint density at radius 1 is 1.28 bits per heavy atom. The van der Waals surface area contributed by atoms with Crippen LogP contribution in [0.3, 0.4) is 0 Å². The molecule has 25 heavy (non-hydrogen) atoms. The Hall–Kier alpha value is -2.82. The van der Waals surface area contributed by atoms with E-state index in [0.717, 1.165) is 18.3 Å². The molecule has 7 nitrogen and oxygen atoms in total. The van der Waals surface area contributed by atoms with Gasteiger partial charge in [0.1, 0.15) is 4.90 Å². The van der Waals surface area contributed by atoms with Gasteiger partial charge in [0.15, 0.2) is 0 Å². The molecule has 0 atom stereocenters. The summed E-state index contributed by atoms with van der Waals surface area (Å²) in [7, 11) is -2.82. The van der Waals surface area contributed by atoms with Gasteiger partial charge in [0.2, 0.25) is 5.96 Å². The number of anilines is 2. The number of pyridine rings is 1. The molecule has 1 aromatic carbocycles. The Labute approximate surface area is 141 Å². The molecule has 0 radical (unpaired) electrons. The van der Waals surface area contributed by atoms with Crippen LogP contribution in [0.5, 0.6) is 0 Å². The summed E-state index contributed by atoms with van der Waals surface area (Å²) in [5.74, 6) is -0.339. The van der Waals surface area contributed by atoms with Gasteiger partial charge in [-0.15, -0.1) is 0 Å². The maximum Gasteiger partial charge on any atom is 0.416 e. The topological polar surface area (TPSA) is 109 Å². The first-order valence-electron chi connectivity index (χ1n) is 6.77. The number of guanidine groups is 1. The molecule has 0 spiro atoms. The van der Waals surface area contributed by atoms with Crippen LogP contribution in [0, 0.1) is 0 Å². The lowest BCUT2D eigenvalue weighted by atomic mass is 10.2. The molecule has 0 aliphatic rings. The van der Waals surface area contributed by atoms with Gasteiger partial charge in [0.25, 0.3) is 10.0 Å². The van der Waals surface area contributed by atoms with Crippen molar-refractivity contribution >= 4 is 27.4 Å². The molecule has 2 rings (SSSR count). The molecule has 1 heterocycles. The number of aromatic nitrogens is 1. The van der Waals surface area contributed by atoms with Crippen molar-refractivity contribution in [2.75, 3.05) is 12.4 Å². The highest BCUT2D eigenvalue weighted by molar-refractivity contribution is 7.90. The molecule has 0 amide bonds. The minimum atomic E-state index is -4.52. The van der Waals surface area contributed by atoms with Crippen LogP contribution in [0.25, 0.3) is 0 Å². The zero-order valence-electron chi connectivity index (χ0n) is 12.9. The zero-order valence-corrected chi connectivity index (χ0v) is 13.7. The maximum atomic E-state index is 12.8. The van der Waals surface area contributed by atoms with Crippen molar-refractivity contribution in [1.29, 1.82) is 0 Å². The number of nitrogens with two attached hydrogens (primary N) is 1. The Morgan fingerprint density at radius 3 is 2.64 bits per heavy atom. The van der Waals surface area contributed by atoms with Crippen LogP contribution in [0.1, 0.15) is 5.56 Å². The molecular formula is C14H14F3N5O2S. The molecule has 0 saturated heterocycles. The highest BCUT2D eigenvalue weighted by Gasteiger charge is 2.30. The van der Waals surface area contributed by atoms with E-state index in [2.05, 4.69) is 15.3 Å². The number of rotatable bonds is 4. The van der Waals surface area contributed by atoms with Crippen molar-refractivity contribution in [2.45, 2.75) is 11.1 Å². The number of nitrogens with one attached hydrogen (secondary N) is 2. The predicted molar refractivity (Wildman–Crippen MR) is 86.8 cm³/mol. The number of halogens is 3.